The number of nitrogens with one attached hydrogen (secondary N) is 1. The average molecular weight is 194 g/mol. The molecule has 0 saturated heterocycles. The molecular formula is C10H14N2O2. The maximum atomic E-state index is 11.3. The first-order chi connectivity index (χ1) is 6.72. The van der Waals surface area contributed by atoms with E-state index in [4.69, 9.17) is 0 Å². The first-order valence-electron chi connectivity index (χ1n) is 4.78. The molecule has 4 nitrogen and oxygen atoms in total. The van der Waals surface area contributed by atoms with Gasteiger partial charge in [0.2, 0.25) is 0 Å². The maximum Gasteiger partial charge on any atom is 0.345 e. The molecule has 4 heteroatoms. The van der Waals surface area contributed by atoms with E-state index < -0.39 is 5.69 Å². The fraction of sp³-hybridized carbons (Fsp3) is 0.500. The lowest BCUT2D eigenvalue weighted by atomic mass is 10.1. The molecule has 0 fully saturated rings. The summed E-state index contributed by atoms with van der Waals surface area (Å²) in [5, 5.41) is 0. The second-order valence-corrected chi connectivity index (χ2v) is 3.22. The van der Waals surface area contributed by atoms with Crippen molar-refractivity contribution in [2.45, 2.75) is 32.6 Å². The van der Waals surface area contributed by atoms with Crippen molar-refractivity contribution in [3.63, 3.8) is 0 Å². The van der Waals surface area contributed by atoms with Crippen molar-refractivity contribution >= 4 is 5.78 Å². The first-order valence-corrected chi connectivity index (χ1v) is 4.78. The molecule has 0 radical (unpaired) electrons. The number of Topliss-reactive ketones (excluding diaryl/α,β-unsaturated/α-hetero) is 1. The second-order valence-electron chi connectivity index (χ2n) is 3.22. The molecule has 0 amide bonds. The van der Waals surface area contributed by atoms with Gasteiger partial charge < -0.3 is 4.98 Å². The number of carbonyl (C=O) groups is 1. The normalized spacial score (nSPS) is 10.1. The summed E-state index contributed by atoms with van der Waals surface area (Å²) in [5.41, 5.74) is 0.247. The summed E-state index contributed by atoms with van der Waals surface area (Å²) in [5.74, 6) is 0.161. The molecule has 1 heterocycles. The van der Waals surface area contributed by atoms with Gasteiger partial charge in [-0.05, 0) is 12.5 Å². The highest BCUT2D eigenvalue weighted by Crippen LogP contribution is 2.00. The Kier molecular flexibility index (Phi) is 4.04. The van der Waals surface area contributed by atoms with E-state index >= 15 is 0 Å². The van der Waals surface area contributed by atoms with Crippen LogP contribution in [0.1, 0.15) is 31.9 Å². The van der Waals surface area contributed by atoms with Crippen molar-refractivity contribution in [1.29, 1.82) is 0 Å². The molecule has 0 atom stereocenters. The topological polar surface area (TPSA) is 62.8 Å². The average Bonchev–Trinajstić information content (AvgIpc) is 2.15. The summed E-state index contributed by atoms with van der Waals surface area (Å²) >= 11 is 0. The lowest BCUT2D eigenvalue weighted by Crippen LogP contribution is -2.14. The van der Waals surface area contributed by atoms with Crippen molar-refractivity contribution in [2.75, 3.05) is 0 Å². The van der Waals surface area contributed by atoms with Crippen LogP contribution in [0, 0.1) is 0 Å². The SMILES string of the molecule is CCCCC(=O)Cc1ccnc(=O)[nH]1. The molecule has 0 aliphatic rings. The quantitative estimate of drug-likeness (QED) is 0.762. The van der Waals surface area contributed by atoms with Gasteiger partial charge in [0.15, 0.2) is 0 Å². The number of ketones is 1. The van der Waals surface area contributed by atoms with Crippen LogP contribution >= 0.6 is 0 Å². The van der Waals surface area contributed by atoms with E-state index in [-0.39, 0.29) is 5.78 Å². The molecular weight excluding hydrogens is 180 g/mol. The summed E-state index contributed by atoms with van der Waals surface area (Å²) in [7, 11) is 0. The molecule has 0 bridgehead atoms. The zero-order chi connectivity index (χ0) is 10.4. The first kappa shape index (κ1) is 10.6. The van der Waals surface area contributed by atoms with Crippen LogP contribution in [0.2, 0.25) is 0 Å². The van der Waals surface area contributed by atoms with Crippen LogP contribution in [-0.4, -0.2) is 15.8 Å². The van der Waals surface area contributed by atoms with Crippen LogP contribution in [0.4, 0.5) is 0 Å². The molecule has 1 N–H and O–H groups in total. The van der Waals surface area contributed by atoms with E-state index in [0.717, 1.165) is 12.8 Å². The number of hydrogen-bond donors (Lipinski definition) is 1. The van der Waals surface area contributed by atoms with E-state index in [2.05, 4.69) is 9.97 Å². The Morgan fingerprint density at radius 3 is 3.00 bits per heavy atom. The van der Waals surface area contributed by atoms with Gasteiger partial charge in [0.1, 0.15) is 5.78 Å². The minimum atomic E-state index is -0.397. The number of aromatic nitrogens is 2. The monoisotopic (exact) mass is 194 g/mol. The summed E-state index contributed by atoms with van der Waals surface area (Å²) in [6.45, 7) is 2.04. The summed E-state index contributed by atoms with van der Waals surface area (Å²) in [4.78, 5) is 28.2. The Hall–Kier alpha value is -1.45. The van der Waals surface area contributed by atoms with Crippen LogP contribution in [0.3, 0.4) is 0 Å². The summed E-state index contributed by atoms with van der Waals surface area (Å²) in [6.07, 6.45) is 4.23. The molecule has 0 spiro atoms. The lowest BCUT2D eigenvalue weighted by Gasteiger charge is -1.99. The highest BCUT2D eigenvalue weighted by atomic mass is 16.1. The Morgan fingerprint density at radius 1 is 1.57 bits per heavy atom. The zero-order valence-electron chi connectivity index (χ0n) is 8.25. The van der Waals surface area contributed by atoms with Gasteiger partial charge in [-0.1, -0.05) is 13.3 Å². The van der Waals surface area contributed by atoms with Crippen LogP contribution in [0.15, 0.2) is 17.1 Å². The molecule has 0 unspecified atom stereocenters. The highest BCUT2D eigenvalue weighted by Gasteiger charge is 2.03. The van der Waals surface area contributed by atoms with Crippen LogP contribution in [0.5, 0.6) is 0 Å². The van der Waals surface area contributed by atoms with E-state index in [1.165, 1.54) is 6.20 Å². The van der Waals surface area contributed by atoms with Crippen molar-refractivity contribution in [3.05, 3.63) is 28.4 Å². The molecule has 1 rings (SSSR count). The highest BCUT2D eigenvalue weighted by molar-refractivity contribution is 5.80. The number of aromatic amines is 1. The third kappa shape index (κ3) is 3.51. The van der Waals surface area contributed by atoms with Gasteiger partial charge >= 0.3 is 5.69 Å². The molecule has 14 heavy (non-hydrogen) atoms. The van der Waals surface area contributed by atoms with Crippen molar-refractivity contribution in [1.82, 2.24) is 9.97 Å². The Morgan fingerprint density at radius 2 is 2.36 bits per heavy atom. The summed E-state index contributed by atoms with van der Waals surface area (Å²) in [6, 6.07) is 1.66. The largest absolute Gasteiger partial charge is 0.345 e. The summed E-state index contributed by atoms with van der Waals surface area (Å²) < 4.78 is 0. The molecule has 0 aromatic carbocycles. The zero-order valence-corrected chi connectivity index (χ0v) is 8.25. The molecule has 0 aliphatic carbocycles. The number of hydrogen-bond acceptors (Lipinski definition) is 3. The molecule has 0 aliphatic heterocycles. The third-order valence-corrected chi connectivity index (χ3v) is 1.93. The Bertz CT molecular complexity index is 357. The van der Waals surface area contributed by atoms with Crippen LogP contribution < -0.4 is 5.69 Å². The van der Waals surface area contributed by atoms with Gasteiger partial charge in [-0.15, -0.1) is 0 Å². The standard InChI is InChI=1S/C10H14N2O2/c1-2-3-4-9(13)7-8-5-6-11-10(14)12-8/h5-6H,2-4,7H2,1H3,(H,11,12,14). The molecule has 76 valence electrons. The van der Waals surface area contributed by atoms with E-state index in [0.29, 0.717) is 18.5 Å². The van der Waals surface area contributed by atoms with Crippen LogP contribution in [-0.2, 0) is 11.2 Å². The fourth-order valence-corrected chi connectivity index (χ4v) is 1.18. The van der Waals surface area contributed by atoms with Crippen molar-refractivity contribution in [2.24, 2.45) is 0 Å². The minimum absolute atomic E-state index is 0.161. The fourth-order valence-electron chi connectivity index (χ4n) is 1.18. The number of unbranched alkanes of at least 4 members (excludes halogenated alkanes) is 1. The van der Waals surface area contributed by atoms with E-state index in [9.17, 15) is 9.59 Å². The predicted molar refractivity (Wildman–Crippen MR) is 53.1 cm³/mol. The maximum absolute atomic E-state index is 11.3. The van der Waals surface area contributed by atoms with Gasteiger partial charge in [-0.2, -0.15) is 0 Å². The number of carbonyl (C=O) groups excluding carboxylic acids is 1. The van der Waals surface area contributed by atoms with Gasteiger partial charge in [-0.25, -0.2) is 9.78 Å². The lowest BCUT2D eigenvalue weighted by molar-refractivity contribution is -0.118. The van der Waals surface area contributed by atoms with Gasteiger partial charge in [0, 0.05) is 24.7 Å². The molecule has 1 aromatic heterocycles. The second kappa shape index (κ2) is 5.32. The van der Waals surface area contributed by atoms with E-state index in [1.807, 2.05) is 6.92 Å². The van der Waals surface area contributed by atoms with Crippen LogP contribution in [0.25, 0.3) is 0 Å². The van der Waals surface area contributed by atoms with Gasteiger partial charge in [0.05, 0.1) is 0 Å². The molecule has 1 aromatic rings. The number of H-pyrrole nitrogens is 1. The number of nitrogens with zero attached hydrogens (tertiary/aromatic N) is 1. The van der Waals surface area contributed by atoms with Crippen molar-refractivity contribution < 1.29 is 4.79 Å². The van der Waals surface area contributed by atoms with Gasteiger partial charge in [0.25, 0.3) is 0 Å². The van der Waals surface area contributed by atoms with Gasteiger partial charge in [-0.3, -0.25) is 4.79 Å². The Balaban J connectivity index is 2.52. The minimum Gasteiger partial charge on any atom is -0.309 e. The third-order valence-electron chi connectivity index (χ3n) is 1.93. The van der Waals surface area contributed by atoms with E-state index in [1.54, 1.807) is 6.07 Å². The van der Waals surface area contributed by atoms with Crippen molar-refractivity contribution in [3.8, 4) is 0 Å². The molecule has 0 saturated carbocycles. The Labute approximate surface area is 82.4 Å². The number of rotatable bonds is 5. The predicted octanol–water partition coefficient (Wildman–Crippen LogP) is 1.07. The smallest absolute Gasteiger partial charge is 0.309 e.